The Hall–Kier alpha value is -1.37. The number of hydrogen-bond acceptors (Lipinski definition) is 3. The summed E-state index contributed by atoms with van der Waals surface area (Å²) in [4.78, 5) is 16.5. The molecule has 0 aliphatic carbocycles. The summed E-state index contributed by atoms with van der Waals surface area (Å²) in [5, 5.41) is 0. The highest BCUT2D eigenvalue weighted by Crippen LogP contribution is 2.24. The van der Waals surface area contributed by atoms with Crippen molar-refractivity contribution in [1.82, 2.24) is 9.55 Å². The van der Waals surface area contributed by atoms with Crippen molar-refractivity contribution in [2.75, 3.05) is 7.11 Å². The zero-order chi connectivity index (χ0) is 14.9. The minimum Gasteiger partial charge on any atom is -0.496 e. The molecule has 0 unspecified atom stereocenters. The van der Waals surface area contributed by atoms with Crippen molar-refractivity contribution in [3.05, 3.63) is 54.8 Å². The first-order valence-electron chi connectivity index (χ1n) is 6.29. The van der Waals surface area contributed by atoms with Crippen LogP contribution in [0.2, 0.25) is 0 Å². The van der Waals surface area contributed by atoms with Crippen molar-refractivity contribution in [2.45, 2.75) is 27.3 Å². The maximum atomic E-state index is 12.0. The van der Waals surface area contributed by atoms with Crippen LogP contribution >= 0.6 is 22.6 Å². The van der Waals surface area contributed by atoms with Crippen molar-refractivity contribution >= 4 is 22.6 Å². The topological polar surface area (TPSA) is 44.1 Å². The molecule has 2 aromatic heterocycles. The summed E-state index contributed by atoms with van der Waals surface area (Å²) in [5.74, 6) is 0.838. The van der Waals surface area contributed by atoms with Gasteiger partial charge in [-0.2, -0.15) is 0 Å². The molecule has 0 saturated carbocycles. The van der Waals surface area contributed by atoms with Gasteiger partial charge in [-0.25, -0.2) is 0 Å². The minimum absolute atomic E-state index is 0.0105. The van der Waals surface area contributed by atoms with Gasteiger partial charge < -0.3 is 9.30 Å². The predicted molar refractivity (Wildman–Crippen MR) is 87.5 cm³/mol. The van der Waals surface area contributed by atoms with Gasteiger partial charge in [0.2, 0.25) is 0 Å². The van der Waals surface area contributed by atoms with Gasteiger partial charge >= 0.3 is 0 Å². The van der Waals surface area contributed by atoms with E-state index >= 15 is 0 Å². The molecule has 4 nitrogen and oxygen atoms in total. The van der Waals surface area contributed by atoms with Crippen LogP contribution in [0.15, 0.2) is 23.3 Å². The maximum Gasteiger partial charge on any atom is 0.251 e. The van der Waals surface area contributed by atoms with Crippen LogP contribution in [0.1, 0.15) is 22.4 Å². The maximum absolute atomic E-state index is 12.0. The number of aromatic nitrogens is 2. The molecule has 0 spiro atoms. The molecule has 5 heteroatoms. The van der Waals surface area contributed by atoms with Gasteiger partial charge in [-0.1, -0.05) is 0 Å². The fourth-order valence-electron chi connectivity index (χ4n) is 2.15. The largest absolute Gasteiger partial charge is 0.496 e. The highest BCUT2D eigenvalue weighted by molar-refractivity contribution is 14.1. The van der Waals surface area contributed by atoms with Gasteiger partial charge in [-0.3, -0.25) is 9.78 Å². The molecular weight excluding hydrogens is 367 g/mol. The van der Waals surface area contributed by atoms with E-state index in [0.717, 1.165) is 31.7 Å². The average Bonchev–Trinajstić information content (AvgIpc) is 2.39. The fourth-order valence-corrected chi connectivity index (χ4v) is 2.65. The van der Waals surface area contributed by atoms with Crippen molar-refractivity contribution in [2.24, 2.45) is 0 Å². The van der Waals surface area contributed by atoms with E-state index in [9.17, 15) is 4.79 Å². The lowest BCUT2D eigenvalue weighted by Crippen LogP contribution is -2.21. The lowest BCUT2D eigenvalue weighted by molar-refractivity contribution is 0.406. The summed E-state index contributed by atoms with van der Waals surface area (Å²) in [5.41, 5.74) is 3.82. The normalized spacial score (nSPS) is 10.7. The van der Waals surface area contributed by atoms with E-state index in [0.29, 0.717) is 6.54 Å². The summed E-state index contributed by atoms with van der Waals surface area (Å²) in [6.45, 7) is 6.32. The van der Waals surface area contributed by atoms with Gasteiger partial charge in [0.1, 0.15) is 5.75 Å². The van der Waals surface area contributed by atoms with Crippen LogP contribution in [-0.2, 0) is 6.54 Å². The molecule has 0 bridgehead atoms. The second-order valence-corrected chi connectivity index (χ2v) is 5.98. The first-order valence-corrected chi connectivity index (χ1v) is 7.37. The molecule has 0 aliphatic heterocycles. The van der Waals surface area contributed by atoms with Gasteiger partial charge in [-0.05, 0) is 48.9 Å². The third kappa shape index (κ3) is 2.87. The Kier molecular flexibility index (Phi) is 4.47. The van der Waals surface area contributed by atoms with Crippen LogP contribution < -0.4 is 10.3 Å². The smallest absolute Gasteiger partial charge is 0.251 e. The third-order valence-corrected chi connectivity index (χ3v) is 4.47. The van der Waals surface area contributed by atoms with Crippen LogP contribution in [0.3, 0.4) is 0 Å². The summed E-state index contributed by atoms with van der Waals surface area (Å²) in [6, 6.07) is 1.66. The van der Waals surface area contributed by atoms with Crippen molar-refractivity contribution in [1.29, 1.82) is 0 Å². The molecule has 0 aliphatic rings. The minimum atomic E-state index is -0.0105. The highest BCUT2D eigenvalue weighted by Gasteiger charge is 2.11. The fraction of sp³-hybridized carbons (Fsp3) is 0.333. The number of ether oxygens (including phenoxy) is 1. The molecular formula is C15H17IN2O2. The van der Waals surface area contributed by atoms with E-state index in [4.69, 9.17) is 4.74 Å². The van der Waals surface area contributed by atoms with E-state index in [1.54, 1.807) is 23.9 Å². The van der Waals surface area contributed by atoms with E-state index in [1.165, 1.54) is 0 Å². The molecule has 2 aromatic rings. The molecule has 0 amide bonds. The zero-order valence-electron chi connectivity index (χ0n) is 12.0. The Morgan fingerprint density at radius 3 is 2.65 bits per heavy atom. The van der Waals surface area contributed by atoms with Crippen molar-refractivity contribution in [3.8, 4) is 5.75 Å². The van der Waals surface area contributed by atoms with Gasteiger partial charge in [0, 0.05) is 33.2 Å². The number of methoxy groups -OCH3 is 1. The standard InChI is InChI=1S/C15H17IN2O2/c1-9-5-14(19)18(7-12(9)16)8-13-11(3)15(20-4)10(2)6-17-13/h5-7H,8H2,1-4H3. The number of hydrogen-bond donors (Lipinski definition) is 0. The van der Waals surface area contributed by atoms with E-state index in [-0.39, 0.29) is 5.56 Å². The highest BCUT2D eigenvalue weighted by atomic mass is 127. The van der Waals surface area contributed by atoms with Crippen LogP contribution in [-0.4, -0.2) is 16.7 Å². The van der Waals surface area contributed by atoms with Gasteiger partial charge in [0.05, 0.1) is 19.3 Å². The van der Waals surface area contributed by atoms with E-state index < -0.39 is 0 Å². The number of pyridine rings is 2. The monoisotopic (exact) mass is 384 g/mol. The second-order valence-electron chi connectivity index (χ2n) is 4.82. The summed E-state index contributed by atoms with van der Waals surface area (Å²) in [6.07, 6.45) is 3.65. The first-order chi connectivity index (χ1) is 9.43. The average molecular weight is 384 g/mol. The van der Waals surface area contributed by atoms with E-state index in [1.807, 2.05) is 27.0 Å². The number of nitrogens with zero attached hydrogens (tertiary/aromatic N) is 2. The third-order valence-electron chi connectivity index (χ3n) is 3.34. The quantitative estimate of drug-likeness (QED) is 0.765. The zero-order valence-corrected chi connectivity index (χ0v) is 14.2. The molecule has 106 valence electrons. The molecule has 0 aromatic carbocycles. The molecule has 0 atom stereocenters. The number of aryl methyl sites for hydroxylation is 2. The van der Waals surface area contributed by atoms with Crippen LogP contribution in [0.5, 0.6) is 5.75 Å². The number of halogens is 1. The lowest BCUT2D eigenvalue weighted by Gasteiger charge is -2.13. The predicted octanol–water partition coefficient (Wildman–Crippen LogP) is 2.83. The second kappa shape index (κ2) is 5.95. The Labute approximate surface area is 131 Å². The summed E-state index contributed by atoms with van der Waals surface area (Å²) < 4.78 is 8.15. The Morgan fingerprint density at radius 1 is 1.30 bits per heavy atom. The van der Waals surface area contributed by atoms with Crippen LogP contribution in [0, 0.1) is 24.3 Å². The number of rotatable bonds is 3. The molecule has 20 heavy (non-hydrogen) atoms. The molecule has 2 heterocycles. The molecule has 0 radical (unpaired) electrons. The van der Waals surface area contributed by atoms with Crippen LogP contribution in [0.4, 0.5) is 0 Å². The van der Waals surface area contributed by atoms with Crippen LogP contribution in [0.25, 0.3) is 0 Å². The summed E-state index contributed by atoms with van der Waals surface area (Å²) in [7, 11) is 1.65. The molecule has 2 rings (SSSR count). The Morgan fingerprint density at radius 2 is 2.00 bits per heavy atom. The van der Waals surface area contributed by atoms with Gasteiger partial charge in [0.15, 0.2) is 0 Å². The summed E-state index contributed by atoms with van der Waals surface area (Å²) >= 11 is 2.23. The molecule has 0 N–H and O–H groups in total. The van der Waals surface area contributed by atoms with Gasteiger partial charge in [0.25, 0.3) is 5.56 Å². The lowest BCUT2D eigenvalue weighted by atomic mass is 10.1. The van der Waals surface area contributed by atoms with Gasteiger partial charge in [-0.15, -0.1) is 0 Å². The molecule has 0 saturated heterocycles. The molecule has 0 fully saturated rings. The first kappa shape index (κ1) is 15.0. The Bertz CT molecular complexity index is 708. The SMILES string of the molecule is COc1c(C)cnc(Cn2cc(I)c(C)cc2=O)c1C. The van der Waals surface area contributed by atoms with E-state index in [2.05, 4.69) is 27.6 Å². The van der Waals surface area contributed by atoms with Crippen molar-refractivity contribution < 1.29 is 4.74 Å². The Balaban J connectivity index is 2.46. The van der Waals surface area contributed by atoms with Crippen molar-refractivity contribution in [3.63, 3.8) is 0 Å².